The smallest absolute Gasteiger partial charge is 0.293 e. The van der Waals surface area contributed by atoms with Crippen molar-refractivity contribution in [2.24, 2.45) is 0 Å². The number of carbonyl (C=O) groups is 1. The number of rotatable bonds is 5. The van der Waals surface area contributed by atoms with Crippen molar-refractivity contribution in [3.63, 3.8) is 0 Å². The van der Waals surface area contributed by atoms with Gasteiger partial charge in [-0.2, -0.15) is 0 Å². The number of carbonyl (C=O) groups excluding carboxylic acids is 1. The van der Waals surface area contributed by atoms with Gasteiger partial charge in [0.25, 0.3) is 11.6 Å². The highest BCUT2D eigenvalue weighted by Crippen LogP contribution is 2.31. The molecule has 0 bridgehead atoms. The molecule has 1 fully saturated rings. The number of nitrogens with zero attached hydrogens (tertiary/aromatic N) is 3. The molecule has 0 aromatic heterocycles. The number of amides is 1. The van der Waals surface area contributed by atoms with Gasteiger partial charge in [0, 0.05) is 50.2 Å². The molecule has 29 heavy (non-hydrogen) atoms. The Labute approximate surface area is 174 Å². The van der Waals surface area contributed by atoms with Crippen LogP contribution in [0.5, 0.6) is 0 Å². The minimum atomic E-state index is -0.497. The third kappa shape index (κ3) is 5.00. The van der Waals surface area contributed by atoms with Gasteiger partial charge in [0.05, 0.1) is 4.92 Å². The van der Waals surface area contributed by atoms with Gasteiger partial charge in [0.1, 0.15) is 5.69 Å². The third-order valence-corrected chi connectivity index (χ3v) is 4.95. The molecule has 3 rings (SSSR count). The average molecular weight is 414 g/mol. The molecule has 1 aliphatic heterocycles. The van der Waals surface area contributed by atoms with Crippen LogP contribution in [0, 0.1) is 10.1 Å². The Bertz CT molecular complexity index is 924. The van der Waals surface area contributed by atoms with Crippen molar-refractivity contribution in [1.82, 2.24) is 5.32 Å². The molecular formula is C20H23N5O3S. The van der Waals surface area contributed by atoms with Crippen molar-refractivity contribution in [3.05, 3.63) is 58.1 Å². The van der Waals surface area contributed by atoms with Gasteiger partial charge in [-0.1, -0.05) is 0 Å². The Morgan fingerprint density at radius 2 is 1.79 bits per heavy atom. The van der Waals surface area contributed by atoms with Crippen molar-refractivity contribution in [1.29, 1.82) is 0 Å². The highest BCUT2D eigenvalue weighted by Gasteiger charge is 2.24. The van der Waals surface area contributed by atoms with Crippen LogP contribution in [0.15, 0.2) is 42.5 Å². The molecule has 0 unspecified atom stereocenters. The van der Waals surface area contributed by atoms with E-state index in [1.807, 2.05) is 48.2 Å². The second-order valence-corrected chi connectivity index (χ2v) is 7.41. The normalized spacial score (nSPS) is 13.1. The van der Waals surface area contributed by atoms with Crippen LogP contribution in [-0.2, 0) is 0 Å². The standard InChI is InChI=1S/C20H23N5O3S/c1-23(2)16-8-6-15(7-9-16)21-20(29)22-19(26)14-5-10-17(18(13-14)25(27)28)24-11-3-4-12-24/h5-10,13H,3-4,11-12H2,1-2H3,(H2,21,22,26,29). The molecule has 0 radical (unpaired) electrons. The minimum Gasteiger partial charge on any atom is -0.378 e. The van der Waals surface area contributed by atoms with Gasteiger partial charge < -0.3 is 15.1 Å². The molecule has 152 valence electrons. The maximum absolute atomic E-state index is 12.5. The Kier molecular flexibility index (Phi) is 6.28. The zero-order valence-electron chi connectivity index (χ0n) is 16.3. The molecule has 1 heterocycles. The molecule has 2 N–H and O–H groups in total. The number of hydrogen-bond acceptors (Lipinski definition) is 6. The largest absolute Gasteiger partial charge is 0.378 e. The van der Waals surface area contributed by atoms with Crippen LogP contribution in [0.3, 0.4) is 0 Å². The molecule has 1 amide bonds. The predicted octanol–water partition coefficient (Wildman–Crippen LogP) is 3.39. The second-order valence-electron chi connectivity index (χ2n) is 7.00. The fraction of sp³-hybridized carbons (Fsp3) is 0.300. The summed E-state index contributed by atoms with van der Waals surface area (Å²) in [6, 6.07) is 12.1. The Morgan fingerprint density at radius 3 is 2.38 bits per heavy atom. The van der Waals surface area contributed by atoms with E-state index < -0.39 is 10.8 Å². The maximum atomic E-state index is 12.5. The van der Waals surface area contributed by atoms with Crippen LogP contribution in [-0.4, -0.2) is 43.1 Å². The zero-order valence-corrected chi connectivity index (χ0v) is 17.2. The predicted molar refractivity (Wildman–Crippen MR) is 119 cm³/mol. The number of nitrogens with one attached hydrogen (secondary N) is 2. The number of thiocarbonyl (C=S) groups is 1. The lowest BCUT2D eigenvalue weighted by atomic mass is 10.1. The first-order valence-electron chi connectivity index (χ1n) is 9.28. The maximum Gasteiger partial charge on any atom is 0.293 e. The molecule has 9 heteroatoms. The van der Waals surface area contributed by atoms with E-state index in [9.17, 15) is 14.9 Å². The summed E-state index contributed by atoms with van der Waals surface area (Å²) >= 11 is 5.20. The van der Waals surface area contributed by atoms with Crippen LogP contribution < -0.4 is 20.4 Å². The average Bonchev–Trinajstić information content (AvgIpc) is 3.22. The Balaban J connectivity index is 1.68. The van der Waals surface area contributed by atoms with Gasteiger partial charge in [-0.05, 0) is 61.5 Å². The van der Waals surface area contributed by atoms with E-state index in [-0.39, 0.29) is 16.4 Å². The second kappa shape index (κ2) is 8.87. The lowest BCUT2D eigenvalue weighted by Gasteiger charge is -2.18. The first kappa shape index (κ1) is 20.5. The first-order valence-corrected chi connectivity index (χ1v) is 9.69. The van der Waals surface area contributed by atoms with Gasteiger partial charge in [-0.3, -0.25) is 20.2 Å². The van der Waals surface area contributed by atoms with Crippen LogP contribution in [0.4, 0.5) is 22.7 Å². The molecule has 0 aliphatic carbocycles. The molecule has 2 aromatic rings. The quantitative estimate of drug-likeness (QED) is 0.441. The van der Waals surface area contributed by atoms with Crippen LogP contribution in [0.2, 0.25) is 0 Å². The van der Waals surface area contributed by atoms with Gasteiger partial charge in [0.2, 0.25) is 0 Å². The SMILES string of the molecule is CN(C)c1ccc(NC(=S)NC(=O)c2ccc(N3CCCC3)c([N+](=O)[O-])c2)cc1. The number of benzene rings is 2. The van der Waals surface area contributed by atoms with Crippen LogP contribution in [0.25, 0.3) is 0 Å². The highest BCUT2D eigenvalue weighted by molar-refractivity contribution is 7.80. The summed E-state index contributed by atoms with van der Waals surface area (Å²) in [5.74, 6) is -0.497. The lowest BCUT2D eigenvalue weighted by molar-refractivity contribution is -0.384. The van der Waals surface area contributed by atoms with E-state index in [0.717, 1.165) is 37.3 Å². The van der Waals surface area contributed by atoms with E-state index in [0.29, 0.717) is 5.69 Å². The Hall–Kier alpha value is -3.20. The molecule has 0 spiro atoms. The van der Waals surface area contributed by atoms with Crippen molar-refractivity contribution in [2.75, 3.05) is 42.3 Å². The van der Waals surface area contributed by atoms with Crippen LogP contribution in [0.1, 0.15) is 23.2 Å². The Morgan fingerprint density at radius 1 is 1.14 bits per heavy atom. The van der Waals surface area contributed by atoms with E-state index >= 15 is 0 Å². The monoisotopic (exact) mass is 413 g/mol. The topological polar surface area (TPSA) is 90.8 Å². The number of hydrogen-bond donors (Lipinski definition) is 2. The fourth-order valence-corrected chi connectivity index (χ4v) is 3.43. The molecule has 1 saturated heterocycles. The van der Waals surface area contributed by atoms with Crippen molar-refractivity contribution in [3.8, 4) is 0 Å². The van der Waals surface area contributed by atoms with Gasteiger partial charge in [-0.25, -0.2) is 0 Å². The molecule has 1 aliphatic rings. The highest BCUT2D eigenvalue weighted by atomic mass is 32.1. The number of nitro groups is 1. The summed E-state index contributed by atoms with van der Waals surface area (Å²) in [5, 5.41) is 17.1. The molecule has 2 aromatic carbocycles. The van der Waals surface area contributed by atoms with Crippen molar-refractivity contribution >= 4 is 46.0 Å². The summed E-state index contributed by atoms with van der Waals surface area (Å²) < 4.78 is 0. The first-order chi connectivity index (χ1) is 13.8. The third-order valence-electron chi connectivity index (χ3n) is 4.75. The number of nitro benzene ring substituents is 1. The fourth-order valence-electron chi connectivity index (χ4n) is 3.22. The summed E-state index contributed by atoms with van der Waals surface area (Å²) in [5.41, 5.74) is 2.43. The summed E-state index contributed by atoms with van der Waals surface area (Å²) in [6.07, 6.45) is 2.02. The van der Waals surface area contributed by atoms with E-state index in [1.165, 1.54) is 6.07 Å². The van der Waals surface area contributed by atoms with Gasteiger partial charge >= 0.3 is 0 Å². The van der Waals surface area contributed by atoms with Crippen LogP contribution >= 0.6 is 12.2 Å². The zero-order chi connectivity index (χ0) is 21.0. The van der Waals surface area contributed by atoms with E-state index in [4.69, 9.17) is 12.2 Å². The van der Waals surface area contributed by atoms with Crippen molar-refractivity contribution < 1.29 is 9.72 Å². The summed E-state index contributed by atoms with van der Waals surface area (Å²) in [7, 11) is 3.89. The summed E-state index contributed by atoms with van der Waals surface area (Å²) in [6.45, 7) is 1.57. The van der Waals surface area contributed by atoms with E-state index in [1.54, 1.807) is 12.1 Å². The minimum absolute atomic E-state index is 0.0716. The number of anilines is 3. The lowest BCUT2D eigenvalue weighted by Crippen LogP contribution is -2.34. The van der Waals surface area contributed by atoms with Gasteiger partial charge in [0.15, 0.2) is 5.11 Å². The van der Waals surface area contributed by atoms with Gasteiger partial charge in [-0.15, -0.1) is 0 Å². The molecular weight excluding hydrogens is 390 g/mol. The summed E-state index contributed by atoms with van der Waals surface area (Å²) in [4.78, 5) is 27.5. The molecule has 0 saturated carbocycles. The van der Waals surface area contributed by atoms with Crippen molar-refractivity contribution in [2.45, 2.75) is 12.8 Å². The molecule has 8 nitrogen and oxygen atoms in total. The molecule has 0 atom stereocenters. The van der Waals surface area contributed by atoms with E-state index in [2.05, 4.69) is 10.6 Å².